The van der Waals surface area contributed by atoms with Crippen molar-refractivity contribution >= 4 is 33.2 Å². The number of aryl methyl sites for hydroxylation is 2. The van der Waals surface area contributed by atoms with Crippen LogP contribution >= 0.6 is 11.6 Å². The Kier molecular flexibility index (Phi) is 8.89. The highest BCUT2D eigenvalue weighted by molar-refractivity contribution is 7.89. The van der Waals surface area contributed by atoms with Crippen LogP contribution in [0.3, 0.4) is 0 Å². The van der Waals surface area contributed by atoms with Gasteiger partial charge < -0.3 is 14.2 Å². The van der Waals surface area contributed by atoms with Gasteiger partial charge in [0.1, 0.15) is 5.82 Å². The van der Waals surface area contributed by atoms with Crippen LogP contribution in [-0.4, -0.2) is 31.0 Å². The SMILES string of the molecule is CO[C@H](CC(=O)N(Cc1nccn1C)c1ccc2c(c1)[C@H](NS(=O)(=O)c1cccc(Cl)c1)CCC2)c1ccccc1. The van der Waals surface area contributed by atoms with Gasteiger partial charge in [-0.25, -0.2) is 18.1 Å². The van der Waals surface area contributed by atoms with Gasteiger partial charge in [0.25, 0.3) is 0 Å². The third-order valence-electron chi connectivity index (χ3n) is 7.50. The molecule has 10 heteroatoms. The van der Waals surface area contributed by atoms with Gasteiger partial charge in [0, 0.05) is 43.3 Å². The zero-order chi connectivity index (χ0) is 29.0. The fraction of sp³-hybridized carbons (Fsp3) is 0.290. The second kappa shape index (κ2) is 12.6. The summed E-state index contributed by atoms with van der Waals surface area (Å²) in [6.45, 7) is 0.255. The molecule has 214 valence electrons. The fourth-order valence-electron chi connectivity index (χ4n) is 5.25. The first kappa shape index (κ1) is 29.0. The molecule has 0 spiro atoms. The molecule has 1 aliphatic carbocycles. The highest BCUT2D eigenvalue weighted by atomic mass is 35.5. The Morgan fingerprint density at radius 3 is 2.66 bits per heavy atom. The van der Waals surface area contributed by atoms with E-state index in [9.17, 15) is 13.2 Å². The number of imidazole rings is 1. The molecule has 0 saturated heterocycles. The largest absolute Gasteiger partial charge is 0.376 e. The number of anilines is 1. The van der Waals surface area contributed by atoms with Gasteiger partial charge in [0.2, 0.25) is 15.9 Å². The lowest BCUT2D eigenvalue weighted by Crippen LogP contribution is -2.34. The number of halogens is 1. The Morgan fingerprint density at radius 1 is 1.15 bits per heavy atom. The first-order valence-corrected chi connectivity index (χ1v) is 15.4. The quantitative estimate of drug-likeness (QED) is 0.253. The minimum atomic E-state index is -3.82. The van der Waals surface area contributed by atoms with Gasteiger partial charge in [0.15, 0.2) is 0 Å². The standard InChI is InChI=1S/C31H33ClN4O4S/c1-35-17-16-33-30(35)21-36(31(37)20-29(40-2)23-8-4-3-5-9-23)25-15-14-22-10-6-13-28(27(22)19-25)34-41(38,39)26-12-7-11-24(32)18-26/h3-5,7-9,11-12,14-19,28-29,34H,6,10,13,20-21H2,1-2H3/t28-,29-/m1/s1. The summed E-state index contributed by atoms with van der Waals surface area (Å²) in [5.74, 6) is 0.596. The second-order valence-electron chi connectivity index (χ2n) is 10.2. The zero-order valence-corrected chi connectivity index (χ0v) is 24.6. The lowest BCUT2D eigenvalue weighted by Gasteiger charge is -2.30. The lowest BCUT2D eigenvalue weighted by molar-refractivity contribution is -0.121. The fourth-order valence-corrected chi connectivity index (χ4v) is 6.80. The van der Waals surface area contributed by atoms with Crippen molar-refractivity contribution in [2.45, 2.75) is 49.3 Å². The van der Waals surface area contributed by atoms with E-state index < -0.39 is 22.2 Å². The number of sulfonamides is 1. The Hall–Kier alpha value is -3.50. The predicted molar refractivity (Wildman–Crippen MR) is 159 cm³/mol. The number of methoxy groups -OCH3 is 1. The number of rotatable bonds is 10. The highest BCUT2D eigenvalue weighted by Crippen LogP contribution is 2.35. The first-order chi connectivity index (χ1) is 19.7. The van der Waals surface area contributed by atoms with E-state index in [0.29, 0.717) is 17.1 Å². The maximum absolute atomic E-state index is 13.9. The molecule has 0 aliphatic heterocycles. The predicted octanol–water partition coefficient (Wildman–Crippen LogP) is 5.74. The second-order valence-corrected chi connectivity index (χ2v) is 12.3. The van der Waals surface area contributed by atoms with E-state index in [1.54, 1.807) is 30.3 Å². The van der Waals surface area contributed by atoms with Gasteiger partial charge in [-0.15, -0.1) is 0 Å². The summed E-state index contributed by atoms with van der Waals surface area (Å²) < 4.78 is 37.0. The summed E-state index contributed by atoms with van der Waals surface area (Å²) in [6, 6.07) is 21.3. The molecule has 1 aromatic heterocycles. The third kappa shape index (κ3) is 6.70. The van der Waals surface area contributed by atoms with Crippen LogP contribution in [0.15, 0.2) is 90.1 Å². The number of carbonyl (C=O) groups excluding carboxylic acids is 1. The summed E-state index contributed by atoms with van der Waals surface area (Å²) in [6.07, 6.45) is 5.58. The minimum Gasteiger partial charge on any atom is -0.376 e. The van der Waals surface area contributed by atoms with Gasteiger partial charge in [-0.3, -0.25) is 4.79 Å². The number of hydrogen-bond acceptors (Lipinski definition) is 5. The molecule has 4 aromatic rings. The monoisotopic (exact) mass is 592 g/mol. The number of fused-ring (bicyclic) bond motifs is 1. The summed E-state index contributed by atoms with van der Waals surface area (Å²) in [5.41, 5.74) is 3.51. The van der Waals surface area contributed by atoms with E-state index in [2.05, 4.69) is 9.71 Å². The molecule has 1 N–H and O–H groups in total. The molecule has 1 amide bonds. The van der Waals surface area contributed by atoms with Crippen LogP contribution in [0, 0.1) is 0 Å². The van der Waals surface area contributed by atoms with Crippen molar-refractivity contribution in [1.29, 1.82) is 0 Å². The van der Waals surface area contributed by atoms with E-state index >= 15 is 0 Å². The summed E-state index contributed by atoms with van der Waals surface area (Å²) in [4.78, 5) is 20.2. The van der Waals surface area contributed by atoms with Crippen molar-refractivity contribution in [2.75, 3.05) is 12.0 Å². The minimum absolute atomic E-state index is 0.117. The van der Waals surface area contributed by atoms with Crippen molar-refractivity contribution in [2.24, 2.45) is 7.05 Å². The molecular formula is C31H33ClN4O4S. The average molecular weight is 593 g/mol. The van der Waals surface area contributed by atoms with Crippen molar-refractivity contribution in [1.82, 2.24) is 14.3 Å². The van der Waals surface area contributed by atoms with Crippen molar-refractivity contribution < 1.29 is 17.9 Å². The molecule has 8 nitrogen and oxygen atoms in total. The number of nitrogens with zero attached hydrogens (tertiary/aromatic N) is 3. The number of nitrogens with one attached hydrogen (secondary N) is 1. The first-order valence-electron chi connectivity index (χ1n) is 13.5. The van der Waals surface area contributed by atoms with Crippen LogP contribution in [0.4, 0.5) is 5.69 Å². The highest BCUT2D eigenvalue weighted by Gasteiger charge is 2.29. The molecule has 0 radical (unpaired) electrons. The number of carbonyl (C=O) groups is 1. The molecule has 2 atom stereocenters. The number of hydrogen-bond donors (Lipinski definition) is 1. The maximum atomic E-state index is 13.9. The van der Waals surface area contributed by atoms with Crippen LogP contribution in [0.5, 0.6) is 0 Å². The number of amides is 1. The smallest absolute Gasteiger partial charge is 0.241 e. The van der Waals surface area contributed by atoms with Crippen LogP contribution < -0.4 is 9.62 Å². The molecule has 5 rings (SSSR count). The lowest BCUT2D eigenvalue weighted by atomic mass is 9.87. The van der Waals surface area contributed by atoms with E-state index in [0.717, 1.165) is 35.4 Å². The molecule has 0 fully saturated rings. The molecule has 1 heterocycles. The summed E-state index contributed by atoms with van der Waals surface area (Å²) in [5, 5.41) is 0.354. The van der Waals surface area contributed by atoms with Crippen LogP contribution in [0.25, 0.3) is 0 Å². The number of ether oxygens (including phenoxy) is 1. The van der Waals surface area contributed by atoms with Crippen LogP contribution in [-0.2, 0) is 39.6 Å². The van der Waals surface area contributed by atoms with Crippen molar-refractivity contribution in [3.8, 4) is 0 Å². The topological polar surface area (TPSA) is 93.5 Å². The Balaban J connectivity index is 1.47. The maximum Gasteiger partial charge on any atom is 0.241 e. The van der Waals surface area contributed by atoms with Crippen LogP contribution in [0.1, 0.15) is 53.9 Å². The van der Waals surface area contributed by atoms with Gasteiger partial charge in [-0.2, -0.15) is 0 Å². The van der Waals surface area contributed by atoms with Crippen molar-refractivity contribution in [3.05, 3.63) is 113 Å². The Morgan fingerprint density at radius 2 is 1.95 bits per heavy atom. The van der Waals surface area contributed by atoms with Gasteiger partial charge in [-0.1, -0.05) is 54.1 Å². The molecule has 0 saturated carbocycles. The zero-order valence-electron chi connectivity index (χ0n) is 23.0. The molecule has 0 unspecified atom stereocenters. The normalized spacial score (nSPS) is 15.7. The summed E-state index contributed by atoms with van der Waals surface area (Å²) in [7, 11) is -0.326. The van der Waals surface area contributed by atoms with E-state index in [1.807, 2.05) is 66.3 Å². The molecule has 0 bridgehead atoms. The van der Waals surface area contributed by atoms with E-state index in [-0.39, 0.29) is 23.8 Å². The molecule has 1 aliphatic rings. The van der Waals surface area contributed by atoms with Gasteiger partial charge in [-0.05, 0) is 66.3 Å². The Bertz CT molecular complexity index is 1620. The number of benzene rings is 3. The molecule has 3 aromatic carbocycles. The van der Waals surface area contributed by atoms with Gasteiger partial charge >= 0.3 is 0 Å². The summed E-state index contributed by atoms with van der Waals surface area (Å²) >= 11 is 6.07. The van der Waals surface area contributed by atoms with Crippen molar-refractivity contribution in [3.63, 3.8) is 0 Å². The average Bonchev–Trinajstić information content (AvgIpc) is 3.39. The molecule has 41 heavy (non-hydrogen) atoms. The molecular weight excluding hydrogens is 560 g/mol. The van der Waals surface area contributed by atoms with E-state index in [1.165, 1.54) is 12.1 Å². The number of aromatic nitrogens is 2. The third-order valence-corrected chi connectivity index (χ3v) is 9.20. The van der Waals surface area contributed by atoms with E-state index in [4.69, 9.17) is 16.3 Å². The van der Waals surface area contributed by atoms with Gasteiger partial charge in [0.05, 0.1) is 24.0 Å². The Labute approximate surface area is 246 Å². The van der Waals surface area contributed by atoms with Crippen LogP contribution in [0.2, 0.25) is 5.02 Å².